The van der Waals surface area contributed by atoms with Gasteiger partial charge in [0.05, 0.1) is 5.56 Å². The van der Waals surface area contributed by atoms with Crippen LogP contribution in [0.25, 0.3) is 0 Å². The van der Waals surface area contributed by atoms with Gasteiger partial charge >= 0.3 is 6.18 Å². The van der Waals surface area contributed by atoms with Gasteiger partial charge < -0.3 is 4.90 Å². The molecule has 0 aliphatic carbocycles. The maximum absolute atomic E-state index is 12.3. The van der Waals surface area contributed by atoms with Crippen molar-refractivity contribution in [3.8, 4) is 0 Å². The Morgan fingerprint density at radius 1 is 1.12 bits per heavy atom. The van der Waals surface area contributed by atoms with Crippen molar-refractivity contribution in [1.82, 2.24) is 4.90 Å². The van der Waals surface area contributed by atoms with Crippen LogP contribution < -0.4 is 0 Å². The summed E-state index contributed by atoms with van der Waals surface area (Å²) in [7, 11) is 0. The SMILES string of the molecule is FC(F)(F)c1ccc(CN2C=CCC2)cc1. The highest BCUT2D eigenvalue weighted by Gasteiger charge is 2.29. The Morgan fingerprint density at radius 3 is 2.31 bits per heavy atom. The molecule has 1 aliphatic heterocycles. The van der Waals surface area contributed by atoms with Gasteiger partial charge in [-0.15, -0.1) is 0 Å². The van der Waals surface area contributed by atoms with Crippen LogP contribution in [0.3, 0.4) is 0 Å². The van der Waals surface area contributed by atoms with Crippen LogP contribution in [-0.4, -0.2) is 11.4 Å². The molecule has 1 aromatic rings. The molecule has 16 heavy (non-hydrogen) atoms. The molecule has 2 rings (SSSR count). The zero-order valence-electron chi connectivity index (χ0n) is 8.67. The van der Waals surface area contributed by atoms with Crippen molar-refractivity contribution in [2.75, 3.05) is 6.54 Å². The van der Waals surface area contributed by atoms with E-state index in [0.717, 1.165) is 30.7 Å². The minimum absolute atomic E-state index is 0.590. The second kappa shape index (κ2) is 4.20. The molecule has 0 bridgehead atoms. The quantitative estimate of drug-likeness (QED) is 0.748. The maximum Gasteiger partial charge on any atom is 0.416 e. The van der Waals surface area contributed by atoms with Gasteiger partial charge in [-0.05, 0) is 30.3 Å². The Bertz CT molecular complexity index is 378. The second-order valence-electron chi connectivity index (χ2n) is 3.84. The zero-order chi connectivity index (χ0) is 11.6. The van der Waals surface area contributed by atoms with Gasteiger partial charge in [-0.3, -0.25) is 0 Å². The molecular formula is C12H12F3N. The van der Waals surface area contributed by atoms with E-state index in [1.54, 1.807) is 0 Å². The molecule has 0 saturated carbocycles. The molecule has 0 fully saturated rings. The first kappa shape index (κ1) is 11.0. The summed E-state index contributed by atoms with van der Waals surface area (Å²) in [5.74, 6) is 0. The van der Waals surface area contributed by atoms with Crippen LogP contribution >= 0.6 is 0 Å². The largest absolute Gasteiger partial charge is 0.416 e. The van der Waals surface area contributed by atoms with Crippen molar-refractivity contribution in [1.29, 1.82) is 0 Å². The number of hydrogen-bond donors (Lipinski definition) is 0. The molecule has 0 amide bonds. The molecule has 0 aromatic heterocycles. The van der Waals surface area contributed by atoms with Crippen LogP contribution in [0.1, 0.15) is 17.5 Å². The molecule has 1 nitrogen and oxygen atoms in total. The van der Waals surface area contributed by atoms with Crippen molar-refractivity contribution >= 4 is 0 Å². The molecule has 0 saturated heterocycles. The van der Waals surface area contributed by atoms with Crippen LogP contribution in [0.4, 0.5) is 13.2 Å². The lowest BCUT2D eigenvalue weighted by Crippen LogP contribution is -2.13. The zero-order valence-corrected chi connectivity index (χ0v) is 8.67. The summed E-state index contributed by atoms with van der Waals surface area (Å²) in [4.78, 5) is 2.09. The summed E-state index contributed by atoms with van der Waals surface area (Å²) in [6, 6.07) is 5.34. The normalized spacial score (nSPS) is 15.8. The fourth-order valence-electron chi connectivity index (χ4n) is 1.70. The highest BCUT2D eigenvalue weighted by atomic mass is 19.4. The van der Waals surface area contributed by atoms with E-state index in [0.29, 0.717) is 6.54 Å². The molecule has 4 heteroatoms. The minimum atomic E-state index is -4.24. The van der Waals surface area contributed by atoms with Crippen LogP contribution in [0.15, 0.2) is 36.5 Å². The first-order valence-corrected chi connectivity index (χ1v) is 5.12. The predicted octanol–water partition coefficient (Wildman–Crippen LogP) is 3.42. The third-order valence-corrected chi connectivity index (χ3v) is 2.57. The summed E-state index contributed by atoms with van der Waals surface area (Å²) < 4.78 is 36.9. The molecule has 0 radical (unpaired) electrons. The highest BCUT2D eigenvalue weighted by Crippen LogP contribution is 2.29. The lowest BCUT2D eigenvalue weighted by molar-refractivity contribution is -0.137. The van der Waals surface area contributed by atoms with E-state index in [2.05, 4.69) is 11.0 Å². The van der Waals surface area contributed by atoms with Crippen LogP contribution in [0.5, 0.6) is 0 Å². The summed E-state index contributed by atoms with van der Waals surface area (Å²) in [6.45, 7) is 1.62. The van der Waals surface area contributed by atoms with Gasteiger partial charge in [-0.2, -0.15) is 13.2 Å². The fraction of sp³-hybridized carbons (Fsp3) is 0.333. The molecule has 0 unspecified atom stereocenters. The standard InChI is InChI=1S/C12H12F3N/c13-12(14,15)11-5-3-10(4-6-11)9-16-7-1-2-8-16/h1,3-7H,2,8-9H2. The minimum Gasteiger partial charge on any atom is -0.373 e. The van der Waals surface area contributed by atoms with E-state index < -0.39 is 11.7 Å². The number of hydrogen-bond acceptors (Lipinski definition) is 1. The number of benzene rings is 1. The number of alkyl halides is 3. The van der Waals surface area contributed by atoms with Crippen molar-refractivity contribution in [3.63, 3.8) is 0 Å². The lowest BCUT2D eigenvalue weighted by Gasteiger charge is -2.15. The molecule has 1 aliphatic rings. The van der Waals surface area contributed by atoms with Crippen molar-refractivity contribution in [3.05, 3.63) is 47.7 Å². The third-order valence-electron chi connectivity index (χ3n) is 2.57. The summed E-state index contributed by atoms with van der Waals surface area (Å²) in [5, 5.41) is 0. The number of halogens is 3. The van der Waals surface area contributed by atoms with E-state index in [-0.39, 0.29) is 0 Å². The predicted molar refractivity (Wildman–Crippen MR) is 55.6 cm³/mol. The van der Waals surface area contributed by atoms with Crippen molar-refractivity contribution < 1.29 is 13.2 Å². The molecule has 1 heterocycles. The van der Waals surface area contributed by atoms with Gasteiger partial charge in [0.15, 0.2) is 0 Å². The maximum atomic E-state index is 12.3. The topological polar surface area (TPSA) is 3.24 Å². The van der Waals surface area contributed by atoms with E-state index in [4.69, 9.17) is 0 Å². The summed E-state index contributed by atoms with van der Waals surface area (Å²) in [5.41, 5.74) is 0.313. The third kappa shape index (κ3) is 2.56. The Hall–Kier alpha value is -1.45. The van der Waals surface area contributed by atoms with Crippen LogP contribution in [-0.2, 0) is 12.7 Å². The van der Waals surface area contributed by atoms with Crippen LogP contribution in [0.2, 0.25) is 0 Å². The molecule has 0 N–H and O–H groups in total. The number of nitrogens with zero attached hydrogens (tertiary/aromatic N) is 1. The number of rotatable bonds is 2. The first-order valence-electron chi connectivity index (χ1n) is 5.12. The molecular weight excluding hydrogens is 215 g/mol. The smallest absolute Gasteiger partial charge is 0.373 e. The van der Waals surface area contributed by atoms with E-state index in [9.17, 15) is 13.2 Å². The van der Waals surface area contributed by atoms with Crippen molar-refractivity contribution in [2.45, 2.75) is 19.1 Å². The molecule has 0 atom stereocenters. The van der Waals surface area contributed by atoms with Crippen molar-refractivity contribution in [2.24, 2.45) is 0 Å². The van der Waals surface area contributed by atoms with Crippen LogP contribution in [0, 0.1) is 0 Å². The van der Waals surface area contributed by atoms with Gasteiger partial charge in [0.1, 0.15) is 0 Å². The molecule has 1 aromatic carbocycles. The summed E-state index contributed by atoms with van der Waals surface area (Å²) in [6.07, 6.45) is 0.814. The van der Waals surface area contributed by atoms with Gasteiger partial charge in [0.2, 0.25) is 0 Å². The lowest BCUT2D eigenvalue weighted by atomic mass is 10.1. The first-order chi connectivity index (χ1) is 7.55. The molecule has 0 spiro atoms. The average Bonchev–Trinajstić information content (AvgIpc) is 2.70. The summed E-state index contributed by atoms with van der Waals surface area (Å²) >= 11 is 0. The van der Waals surface area contributed by atoms with Gasteiger partial charge in [-0.1, -0.05) is 18.2 Å². The average molecular weight is 227 g/mol. The van der Waals surface area contributed by atoms with Gasteiger partial charge in [0.25, 0.3) is 0 Å². The monoisotopic (exact) mass is 227 g/mol. The van der Waals surface area contributed by atoms with Gasteiger partial charge in [-0.25, -0.2) is 0 Å². The van der Waals surface area contributed by atoms with E-state index in [1.807, 2.05) is 6.20 Å². The Kier molecular flexibility index (Phi) is 2.90. The fourth-order valence-corrected chi connectivity index (χ4v) is 1.70. The Labute approximate surface area is 92.2 Å². The van der Waals surface area contributed by atoms with Gasteiger partial charge in [0, 0.05) is 13.1 Å². The van der Waals surface area contributed by atoms with E-state index in [1.165, 1.54) is 12.1 Å². The Morgan fingerprint density at radius 2 is 1.81 bits per heavy atom. The highest BCUT2D eigenvalue weighted by molar-refractivity contribution is 5.24. The Balaban J connectivity index is 2.04. The van der Waals surface area contributed by atoms with E-state index >= 15 is 0 Å². The molecule has 86 valence electrons. The second-order valence-corrected chi connectivity index (χ2v) is 3.84.